The van der Waals surface area contributed by atoms with Gasteiger partial charge in [0.1, 0.15) is 5.54 Å². The minimum Gasteiger partial charge on any atom is -0.297 e. The van der Waals surface area contributed by atoms with Crippen molar-refractivity contribution in [1.82, 2.24) is 5.32 Å². The maximum atomic E-state index is 9.41. The molecular weight excluding hydrogens is 184 g/mol. The van der Waals surface area contributed by atoms with E-state index in [2.05, 4.69) is 11.4 Å². The second-order valence-electron chi connectivity index (χ2n) is 5.23. The Bertz CT molecular complexity index is 227. The Hall–Kier alpha value is -0.550. The number of nitriles is 1. The molecule has 1 N–H and O–H groups in total. The molecule has 2 aliphatic carbocycles. The molecule has 0 atom stereocenters. The molecule has 0 aromatic rings. The Morgan fingerprint density at radius 2 is 1.53 bits per heavy atom. The molecule has 0 amide bonds. The average molecular weight is 206 g/mol. The fourth-order valence-electron chi connectivity index (χ4n) is 3.08. The Labute approximate surface area is 93.0 Å². The number of hydrogen-bond acceptors (Lipinski definition) is 2. The lowest BCUT2D eigenvalue weighted by molar-refractivity contribution is 0.320. The van der Waals surface area contributed by atoms with Crippen molar-refractivity contribution in [1.29, 1.82) is 5.26 Å². The van der Waals surface area contributed by atoms with Gasteiger partial charge < -0.3 is 0 Å². The second-order valence-corrected chi connectivity index (χ2v) is 5.23. The Kier molecular flexibility index (Phi) is 3.64. The Morgan fingerprint density at radius 3 is 2.07 bits per heavy atom. The predicted octanol–water partition coefficient (Wildman–Crippen LogP) is 3.14. The number of nitrogens with zero attached hydrogens (tertiary/aromatic N) is 1. The molecule has 15 heavy (non-hydrogen) atoms. The molecule has 0 saturated heterocycles. The SMILES string of the molecule is N#CC1(NC2CCCC2)CCCCCC1. The van der Waals surface area contributed by atoms with E-state index in [4.69, 9.17) is 0 Å². The zero-order chi connectivity index (χ0) is 10.6. The van der Waals surface area contributed by atoms with E-state index in [-0.39, 0.29) is 5.54 Å². The molecule has 0 aliphatic heterocycles. The molecule has 2 saturated carbocycles. The minimum absolute atomic E-state index is 0.175. The molecule has 2 nitrogen and oxygen atoms in total. The van der Waals surface area contributed by atoms with Gasteiger partial charge in [0.15, 0.2) is 0 Å². The largest absolute Gasteiger partial charge is 0.297 e. The van der Waals surface area contributed by atoms with Crippen LogP contribution >= 0.6 is 0 Å². The molecule has 2 rings (SSSR count). The van der Waals surface area contributed by atoms with Crippen LogP contribution in [0.3, 0.4) is 0 Å². The molecule has 2 aliphatic rings. The van der Waals surface area contributed by atoms with Gasteiger partial charge >= 0.3 is 0 Å². The second kappa shape index (κ2) is 4.99. The Morgan fingerprint density at radius 1 is 0.933 bits per heavy atom. The molecule has 0 bridgehead atoms. The van der Waals surface area contributed by atoms with Gasteiger partial charge in [-0.1, -0.05) is 38.5 Å². The van der Waals surface area contributed by atoms with Gasteiger partial charge in [0.25, 0.3) is 0 Å². The van der Waals surface area contributed by atoms with E-state index in [0.29, 0.717) is 6.04 Å². The van der Waals surface area contributed by atoms with Crippen molar-refractivity contribution in [2.75, 3.05) is 0 Å². The number of rotatable bonds is 2. The summed E-state index contributed by atoms with van der Waals surface area (Å²) in [5.74, 6) is 0. The Balaban J connectivity index is 1.96. The minimum atomic E-state index is -0.175. The summed E-state index contributed by atoms with van der Waals surface area (Å²) in [6, 6.07) is 3.20. The van der Waals surface area contributed by atoms with Crippen molar-refractivity contribution in [3.63, 3.8) is 0 Å². The molecule has 2 heteroatoms. The van der Waals surface area contributed by atoms with Crippen LogP contribution in [0.1, 0.15) is 64.2 Å². The van der Waals surface area contributed by atoms with Crippen molar-refractivity contribution >= 4 is 0 Å². The fourth-order valence-corrected chi connectivity index (χ4v) is 3.08. The molecule has 0 unspecified atom stereocenters. The summed E-state index contributed by atoms with van der Waals surface area (Å²) < 4.78 is 0. The van der Waals surface area contributed by atoms with Crippen LogP contribution in [0, 0.1) is 11.3 Å². The summed E-state index contributed by atoms with van der Waals surface area (Å²) in [6.07, 6.45) is 12.5. The smallest absolute Gasteiger partial charge is 0.106 e. The van der Waals surface area contributed by atoms with Gasteiger partial charge in [-0.05, 0) is 25.7 Å². The van der Waals surface area contributed by atoms with Crippen LogP contribution in [0.5, 0.6) is 0 Å². The summed E-state index contributed by atoms with van der Waals surface area (Å²) in [7, 11) is 0. The molecule has 0 aromatic carbocycles. The van der Waals surface area contributed by atoms with Crippen LogP contribution in [0.15, 0.2) is 0 Å². The van der Waals surface area contributed by atoms with Gasteiger partial charge in [-0.15, -0.1) is 0 Å². The molecule has 0 spiro atoms. The summed E-state index contributed by atoms with van der Waals surface area (Å²) >= 11 is 0. The van der Waals surface area contributed by atoms with E-state index >= 15 is 0 Å². The number of nitrogens with one attached hydrogen (secondary N) is 1. The zero-order valence-corrected chi connectivity index (χ0v) is 9.60. The maximum Gasteiger partial charge on any atom is 0.106 e. The monoisotopic (exact) mass is 206 g/mol. The summed E-state index contributed by atoms with van der Waals surface area (Å²) in [5.41, 5.74) is -0.175. The first-order valence-corrected chi connectivity index (χ1v) is 6.54. The lowest BCUT2D eigenvalue weighted by Crippen LogP contribution is -2.48. The van der Waals surface area contributed by atoms with Crippen LogP contribution in [0.2, 0.25) is 0 Å². The molecule has 0 radical (unpaired) electrons. The van der Waals surface area contributed by atoms with Crippen molar-refractivity contribution < 1.29 is 0 Å². The van der Waals surface area contributed by atoms with Crippen molar-refractivity contribution in [2.45, 2.75) is 75.8 Å². The molecule has 0 aromatic heterocycles. The number of hydrogen-bond donors (Lipinski definition) is 1. The molecule has 2 fully saturated rings. The fraction of sp³-hybridized carbons (Fsp3) is 0.923. The van der Waals surface area contributed by atoms with Gasteiger partial charge in [-0.2, -0.15) is 5.26 Å². The van der Waals surface area contributed by atoms with Crippen LogP contribution in [0.25, 0.3) is 0 Å². The average Bonchev–Trinajstić information content (AvgIpc) is 2.64. The van der Waals surface area contributed by atoms with Crippen LogP contribution in [-0.2, 0) is 0 Å². The van der Waals surface area contributed by atoms with Crippen LogP contribution < -0.4 is 5.32 Å². The van der Waals surface area contributed by atoms with E-state index in [9.17, 15) is 5.26 Å². The predicted molar refractivity (Wildman–Crippen MR) is 61.4 cm³/mol. The van der Waals surface area contributed by atoms with Gasteiger partial charge in [0.2, 0.25) is 0 Å². The van der Waals surface area contributed by atoms with E-state index in [1.807, 2.05) is 0 Å². The first-order valence-electron chi connectivity index (χ1n) is 6.54. The standard InChI is InChI=1S/C13H22N2/c14-11-13(9-5-1-2-6-10-13)15-12-7-3-4-8-12/h12,15H,1-10H2. The lowest BCUT2D eigenvalue weighted by atomic mass is 9.90. The first kappa shape index (κ1) is 11.0. The zero-order valence-electron chi connectivity index (χ0n) is 9.60. The van der Waals surface area contributed by atoms with Crippen molar-refractivity contribution in [2.24, 2.45) is 0 Å². The van der Waals surface area contributed by atoms with Crippen LogP contribution in [0.4, 0.5) is 0 Å². The highest BCUT2D eigenvalue weighted by atomic mass is 15.0. The molecular formula is C13H22N2. The molecule has 0 heterocycles. The maximum absolute atomic E-state index is 9.41. The van der Waals surface area contributed by atoms with E-state index in [1.165, 1.54) is 51.4 Å². The summed E-state index contributed by atoms with van der Waals surface area (Å²) in [5, 5.41) is 13.1. The third-order valence-corrected chi connectivity index (χ3v) is 4.01. The molecule has 84 valence electrons. The summed E-state index contributed by atoms with van der Waals surface area (Å²) in [6.45, 7) is 0. The van der Waals surface area contributed by atoms with Crippen molar-refractivity contribution in [3.8, 4) is 6.07 Å². The van der Waals surface area contributed by atoms with E-state index in [1.54, 1.807) is 0 Å². The van der Waals surface area contributed by atoms with Gasteiger partial charge in [-0.25, -0.2) is 0 Å². The topological polar surface area (TPSA) is 35.8 Å². The third kappa shape index (κ3) is 2.72. The van der Waals surface area contributed by atoms with E-state index in [0.717, 1.165) is 12.8 Å². The van der Waals surface area contributed by atoms with Gasteiger partial charge in [0.05, 0.1) is 6.07 Å². The van der Waals surface area contributed by atoms with Crippen LogP contribution in [-0.4, -0.2) is 11.6 Å². The van der Waals surface area contributed by atoms with E-state index < -0.39 is 0 Å². The first-order chi connectivity index (χ1) is 7.35. The highest BCUT2D eigenvalue weighted by Crippen LogP contribution is 2.29. The van der Waals surface area contributed by atoms with Crippen molar-refractivity contribution in [3.05, 3.63) is 0 Å². The van der Waals surface area contributed by atoms with Gasteiger partial charge in [-0.3, -0.25) is 5.32 Å². The third-order valence-electron chi connectivity index (χ3n) is 4.01. The highest BCUT2D eigenvalue weighted by Gasteiger charge is 2.33. The van der Waals surface area contributed by atoms with Gasteiger partial charge in [0, 0.05) is 6.04 Å². The summed E-state index contributed by atoms with van der Waals surface area (Å²) in [4.78, 5) is 0. The lowest BCUT2D eigenvalue weighted by Gasteiger charge is -2.30. The highest BCUT2D eigenvalue weighted by molar-refractivity contribution is 5.09. The normalized spacial score (nSPS) is 27.1. The quantitative estimate of drug-likeness (QED) is 0.705.